The minimum Gasteiger partial charge on any atom is -0.387 e. The van der Waals surface area contributed by atoms with Crippen LogP contribution in [0, 0.1) is 5.82 Å². The molecule has 98 valence electrons. The zero-order chi connectivity index (χ0) is 14.0. The third-order valence-electron chi connectivity index (χ3n) is 2.71. The number of hydrogen-bond acceptors (Lipinski definition) is 3. The first-order valence-electron chi connectivity index (χ1n) is 5.53. The van der Waals surface area contributed by atoms with Gasteiger partial charge in [-0.15, -0.1) is 0 Å². The summed E-state index contributed by atoms with van der Waals surface area (Å²) in [6, 6.07) is 6.92. The van der Waals surface area contributed by atoms with Gasteiger partial charge in [-0.3, -0.25) is 14.2 Å². The normalized spacial score (nSPS) is 10.2. The number of benzene rings is 1. The second kappa shape index (κ2) is 4.93. The zero-order valence-electron chi connectivity index (χ0n) is 10.2. The molecule has 19 heavy (non-hydrogen) atoms. The monoisotopic (exact) mass is 261 g/mol. The average molecular weight is 261 g/mol. The van der Waals surface area contributed by atoms with Gasteiger partial charge < -0.3 is 11.1 Å². The van der Waals surface area contributed by atoms with E-state index in [-0.39, 0.29) is 5.56 Å². The molecule has 0 fully saturated rings. The number of halogens is 1. The Morgan fingerprint density at radius 3 is 2.42 bits per heavy atom. The molecular formula is C13H12FN3O2. The van der Waals surface area contributed by atoms with Crippen LogP contribution >= 0.6 is 0 Å². The fraction of sp³-hybridized carbons (Fsp3) is 0.0769. The van der Waals surface area contributed by atoms with E-state index in [4.69, 9.17) is 5.73 Å². The van der Waals surface area contributed by atoms with Crippen molar-refractivity contribution in [2.75, 3.05) is 12.4 Å². The predicted octanol–water partition coefficient (Wildman–Crippen LogP) is 1.12. The second-order valence-corrected chi connectivity index (χ2v) is 3.87. The van der Waals surface area contributed by atoms with Crippen molar-refractivity contribution >= 4 is 11.6 Å². The number of anilines is 1. The van der Waals surface area contributed by atoms with Crippen LogP contribution in [-0.2, 0) is 0 Å². The predicted molar refractivity (Wildman–Crippen MR) is 70.1 cm³/mol. The van der Waals surface area contributed by atoms with Crippen LogP contribution < -0.4 is 16.6 Å². The maximum absolute atomic E-state index is 12.9. The minimum absolute atomic E-state index is 0.130. The Bertz CT molecular complexity index is 677. The number of nitrogens with one attached hydrogen (secondary N) is 1. The molecule has 1 heterocycles. The van der Waals surface area contributed by atoms with E-state index in [1.54, 1.807) is 13.1 Å². The van der Waals surface area contributed by atoms with E-state index in [0.29, 0.717) is 11.4 Å². The van der Waals surface area contributed by atoms with E-state index < -0.39 is 17.3 Å². The van der Waals surface area contributed by atoms with Gasteiger partial charge in [0, 0.05) is 18.9 Å². The van der Waals surface area contributed by atoms with Crippen molar-refractivity contribution in [2.45, 2.75) is 0 Å². The summed E-state index contributed by atoms with van der Waals surface area (Å²) >= 11 is 0. The van der Waals surface area contributed by atoms with Crippen molar-refractivity contribution in [2.24, 2.45) is 5.73 Å². The number of carbonyl (C=O) groups excluding carboxylic acids is 1. The number of hydrogen-bond donors (Lipinski definition) is 2. The second-order valence-electron chi connectivity index (χ2n) is 3.87. The molecule has 0 aliphatic carbocycles. The van der Waals surface area contributed by atoms with Crippen LogP contribution in [0.2, 0.25) is 0 Å². The molecule has 0 aliphatic rings. The molecular weight excluding hydrogens is 249 g/mol. The summed E-state index contributed by atoms with van der Waals surface area (Å²) in [5, 5.41) is 2.73. The lowest BCUT2D eigenvalue weighted by Gasteiger charge is -2.10. The maximum Gasteiger partial charge on any atom is 0.270 e. The molecule has 2 rings (SSSR count). The highest BCUT2D eigenvalue weighted by atomic mass is 19.1. The van der Waals surface area contributed by atoms with E-state index in [0.717, 1.165) is 0 Å². The number of nitrogens with two attached hydrogens (primary N) is 1. The number of rotatable bonds is 3. The highest BCUT2D eigenvalue weighted by Gasteiger charge is 2.15. The summed E-state index contributed by atoms with van der Waals surface area (Å²) in [5.41, 5.74) is 5.34. The van der Waals surface area contributed by atoms with Gasteiger partial charge in [0.1, 0.15) is 11.4 Å². The molecule has 1 aromatic heterocycles. The smallest absolute Gasteiger partial charge is 0.270 e. The Kier molecular flexibility index (Phi) is 3.33. The topological polar surface area (TPSA) is 77.1 Å². The Morgan fingerprint density at radius 1 is 1.26 bits per heavy atom. The first-order valence-corrected chi connectivity index (χ1v) is 5.53. The summed E-state index contributed by atoms with van der Waals surface area (Å²) in [5.74, 6) is -1.22. The highest BCUT2D eigenvalue weighted by Crippen LogP contribution is 2.13. The first-order chi connectivity index (χ1) is 9.04. The molecule has 0 unspecified atom stereocenters. The highest BCUT2D eigenvalue weighted by molar-refractivity contribution is 5.98. The Labute approximate surface area is 108 Å². The lowest BCUT2D eigenvalue weighted by atomic mass is 10.2. The van der Waals surface area contributed by atoms with E-state index in [1.165, 1.54) is 35.0 Å². The fourth-order valence-corrected chi connectivity index (χ4v) is 1.79. The SMILES string of the molecule is CNc1ccn(-c2ccc(F)cc2)c(=O)c1C(N)=O. The Morgan fingerprint density at radius 2 is 1.89 bits per heavy atom. The molecule has 5 nitrogen and oxygen atoms in total. The number of pyridine rings is 1. The van der Waals surface area contributed by atoms with E-state index in [9.17, 15) is 14.0 Å². The average Bonchev–Trinajstić information content (AvgIpc) is 2.39. The Balaban J connectivity index is 2.66. The van der Waals surface area contributed by atoms with Crippen LogP contribution in [-0.4, -0.2) is 17.5 Å². The molecule has 0 saturated carbocycles. The molecule has 0 saturated heterocycles. The van der Waals surface area contributed by atoms with Crippen molar-refractivity contribution in [3.63, 3.8) is 0 Å². The van der Waals surface area contributed by atoms with Crippen LogP contribution in [0.3, 0.4) is 0 Å². The van der Waals surface area contributed by atoms with Gasteiger partial charge in [-0.1, -0.05) is 0 Å². The van der Waals surface area contributed by atoms with Crippen molar-refractivity contribution in [3.8, 4) is 5.69 Å². The minimum atomic E-state index is -0.814. The number of primary amides is 1. The van der Waals surface area contributed by atoms with Crippen molar-refractivity contribution < 1.29 is 9.18 Å². The third-order valence-corrected chi connectivity index (χ3v) is 2.71. The maximum atomic E-state index is 12.9. The molecule has 0 radical (unpaired) electrons. The lowest BCUT2D eigenvalue weighted by molar-refractivity contribution is 0.0999. The van der Waals surface area contributed by atoms with Crippen LogP contribution in [0.5, 0.6) is 0 Å². The van der Waals surface area contributed by atoms with Gasteiger partial charge in [0.05, 0.1) is 5.69 Å². The molecule has 6 heteroatoms. The van der Waals surface area contributed by atoms with Gasteiger partial charge in [-0.25, -0.2) is 4.39 Å². The van der Waals surface area contributed by atoms with Gasteiger partial charge in [-0.2, -0.15) is 0 Å². The Hall–Kier alpha value is -2.63. The molecule has 1 aromatic carbocycles. The molecule has 0 spiro atoms. The summed E-state index contributed by atoms with van der Waals surface area (Å²) in [4.78, 5) is 23.6. The summed E-state index contributed by atoms with van der Waals surface area (Å²) in [6.07, 6.45) is 1.49. The molecule has 0 aliphatic heterocycles. The number of aromatic nitrogens is 1. The molecule has 2 aromatic rings. The third kappa shape index (κ3) is 2.33. The van der Waals surface area contributed by atoms with Crippen LogP contribution in [0.1, 0.15) is 10.4 Å². The van der Waals surface area contributed by atoms with Crippen molar-refractivity contribution in [1.82, 2.24) is 4.57 Å². The van der Waals surface area contributed by atoms with Crippen LogP contribution in [0.25, 0.3) is 5.69 Å². The quantitative estimate of drug-likeness (QED) is 0.869. The lowest BCUT2D eigenvalue weighted by Crippen LogP contribution is -2.29. The standard InChI is InChI=1S/C13H12FN3O2/c1-16-10-6-7-17(13(19)11(10)12(15)18)9-4-2-8(14)3-5-9/h2-7,16H,1H3,(H2,15,18). The molecule has 0 bridgehead atoms. The molecule has 3 N–H and O–H groups in total. The van der Waals surface area contributed by atoms with Gasteiger partial charge in [0.25, 0.3) is 11.5 Å². The summed E-state index contributed by atoms with van der Waals surface area (Å²) in [7, 11) is 1.59. The summed E-state index contributed by atoms with van der Waals surface area (Å²) in [6.45, 7) is 0. The fourth-order valence-electron chi connectivity index (χ4n) is 1.79. The van der Waals surface area contributed by atoms with Crippen molar-refractivity contribution in [1.29, 1.82) is 0 Å². The molecule has 1 amide bonds. The van der Waals surface area contributed by atoms with E-state index in [1.807, 2.05) is 0 Å². The number of amides is 1. The van der Waals surface area contributed by atoms with E-state index in [2.05, 4.69) is 5.32 Å². The van der Waals surface area contributed by atoms with Crippen LogP contribution in [0.15, 0.2) is 41.3 Å². The van der Waals surface area contributed by atoms with Gasteiger partial charge in [-0.05, 0) is 30.3 Å². The largest absolute Gasteiger partial charge is 0.387 e. The zero-order valence-corrected chi connectivity index (χ0v) is 10.2. The van der Waals surface area contributed by atoms with Gasteiger partial charge >= 0.3 is 0 Å². The van der Waals surface area contributed by atoms with Gasteiger partial charge in [0.2, 0.25) is 0 Å². The van der Waals surface area contributed by atoms with Crippen LogP contribution in [0.4, 0.5) is 10.1 Å². The molecule has 0 atom stereocenters. The summed E-state index contributed by atoms with van der Waals surface area (Å²) < 4.78 is 14.1. The number of nitrogens with zero attached hydrogens (tertiary/aromatic N) is 1. The first kappa shape index (κ1) is 12.8. The number of carbonyl (C=O) groups is 1. The van der Waals surface area contributed by atoms with E-state index >= 15 is 0 Å². The van der Waals surface area contributed by atoms with Crippen molar-refractivity contribution in [3.05, 3.63) is 58.3 Å². The van der Waals surface area contributed by atoms with Gasteiger partial charge in [0.15, 0.2) is 0 Å².